The molecule has 0 fully saturated rings. The smallest absolute Gasteiger partial charge is 0.237 e. The summed E-state index contributed by atoms with van der Waals surface area (Å²) in [7, 11) is -1.13. The molecule has 7 heteroatoms. The van der Waals surface area contributed by atoms with Gasteiger partial charge < -0.3 is 16.0 Å². The van der Waals surface area contributed by atoms with Gasteiger partial charge in [0.25, 0.3) is 0 Å². The summed E-state index contributed by atoms with van der Waals surface area (Å²) in [5, 5.41) is 3.19. The Balaban J connectivity index is 4.68. The normalized spacial score (nSPS) is 17.2. The van der Waals surface area contributed by atoms with Gasteiger partial charge in [-0.2, -0.15) is 0 Å². The van der Waals surface area contributed by atoms with Crippen molar-refractivity contribution in [2.75, 3.05) is 25.6 Å². The van der Waals surface area contributed by atoms with Crippen molar-refractivity contribution in [1.82, 2.24) is 10.2 Å². The lowest BCUT2D eigenvalue weighted by Crippen LogP contribution is -2.58. The number of nitrogens with one attached hydrogen (secondary N) is 1. The highest BCUT2D eigenvalue weighted by Crippen LogP contribution is 2.16. The number of nitrogens with two attached hydrogens (primary N) is 1. The molecule has 1 amide bonds. The number of nitrogens with zero attached hydrogens (tertiary/aromatic N) is 1. The van der Waals surface area contributed by atoms with E-state index < -0.39 is 21.3 Å². The number of hydrogen-bond acceptors (Lipinski definition) is 5. The fourth-order valence-electron chi connectivity index (χ4n) is 2.14. The highest BCUT2D eigenvalue weighted by atomic mass is 32.2. The van der Waals surface area contributed by atoms with Crippen LogP contribution in [0.4, 0.5) is 0 Å². The number of primary amides is 1. The molecule has 0 radical (unpaired) electrons. The average Bonchev–Trinajstić information content (AvgIpc) is 2.23. The maximum Gasteiger partial charge on any atom is 0.237 e. The van der Waals surface area contributed by atoms with Gasteiger partial charge in [-0.25, -0.2) is 8.42 Å². The Morgan fingerprint density at radius 3 is 2.20 bits per heavy atom. The Bertz CT molecular complexity index is 423. The van der Waals surface area contributed by atoms with Crippen molar-refractivity contribution >= 4 is 15.7 Å². The van der Waals surface area contributed by atoms with Gasteiger partial charge in [0.05, 0.1) is 11.3 Å². The minimum absolute atomic E-state index is 0.0421. The summed E-state index contributed by atoms with van der Waals surface area (Å²) in [4.78, 5) is 13.6. The van der Waals surface area contributed by atoms with Crippen LogP contribution in [-0.4, -0.2) is 62.4 Å². The van der Waals surface area contributed by atoms with Crippen LogP contribution in [0.25, 0.3) is 0 Å². The molecule has 20 heavy (non-hydrogen) atoms. The van der Waals surface area contributed by atoms with Gasteiger partial charge in [-0.05, 0) is 41.2 Å². The average molecular weight is 307 g/mol. The molecule has 0 saturated carbocycles. The van der Waals surface area contributed by atoms with Gasteiger partial charge in [-0.3, -0.25) is 4.79 Å². The van der Waals surface area contributed by atoms with Crippen LogP contribution < -0.4 is 11.1 Å². The van der Waals surface area contributed by atoms with Crippen LogP contribution in [0.1, 0.15) is 34.1 Å². The summed E-state index contributed by atoms with van der Waals surface area (Å²) in [6, 6.07) is 0.182. The third-order valence-corrected chi connectivity index (χ3v) is 4.35. The standard InChI is InChI=1S/C13H29N3O3S/c1-10(2)15-13(4,12(14)17)9-11(3)16(5)7-8-20(6,18)19/h10-11,15H,7-9H2,1-6H3,(H2,14,17). The maximum absolute atomic E-state index is 11.7. The second kappa shape index (κ2) is 7.38. The van der Waals surface area contributed by atoms with Crippen molar-refractivity contribution in [2.45, 2.75) is 51.7 Å². The maximum atomic E-state index is 11.7. The number of amides is 1. The molecule has 0 spiro atoms. The Morgan fingerprint density at radius 1 is 1.35 bits per heavy atom. The molecule has 2 unspecified atom stereocenters. The van der Waals surface area contributed by atoms with Crippen molar-refractivity contribution in [1.29, 1.82) is 0 Å². The van der Waals surface area contributed by atoms with Crippen molar-refractivity contribution in [2.24, 2.45) is 5.73 Å². The molecule has 0 rings (SSSR count). The van der Waals surface area contributed by atoms with Gasteiger partial charge in [0.2, 0.25) is 5.91 Å². The zero-order valence-electron chi connectivity index (χ0n) is 13.4. The van der Waals surface area contributed by atoms with E-state index in [9.17, 15) is 13.2 Å². The van der Waals surface area contributed by atoms with E-state index in [1.54, 1.807) is 6.92 Å². The summed E-state index contributed by atoms with van der Waals surface area (Å²) in [6.45, 7) is 8.11. The number of carbonyl (C=O) groups is 1. The van der Waals surface area contributed by atoms with Gasteiger partial charge >= 0.3 is 0 Å². The fourth-order valence-corrected chi connectivity index (χ4v) is 2.76. The lowest BCUT2D eigenvalue weighted by molar-refractivity contribution is -0.124. The van der Waals surface area contributed by atoms with Crippen LogP contribution in [0.3, 0.4) is 0 Å². The first-order valence-corrected chi connectivity index (χ1v) is 8.89. The zero-order valence-corrected chi connectivity index (χ0v) is 14.3. The molecule has 0 aromatic heterocycles. The molecule has 0 aliphatic heterocycles. The number of sulfone groups is 1. The van der Waals surface area contributed by atoms with Gasteiger partial charge in [-0.1, -0.05) is 0 Å². The van der Waals surface area contributed by atoms with Crippen molar-refractivity contribution in [3.05, 3.63) is 0 Å². The second-order valence-corrected chi connectivity index (χ2v) is 8.42. The Kier molecular flexibility index (Phi) is 7.13. The number of carbonyl (C=O) groups excluding carboxylic acids is 1. The van der Waals surface area contributed by atoms with Gasteiger partial charge in [-0.15, -0.1) is 0 Å². The second-order valence-electron chi connectivity index (χ2n) is 6.16. The van der Waals surface area contributed by atoms with E-state index in [1.165, 1.54) is 6.26 Å². The molecule has 6 nitrogen and oxygen atoms in total. The highest BCUT2D eigenvalue weighted by molar-refractivity contribution is 7.90. The van der Waals surface area contributed by atoms with E-state index in [1.807, 2.05) is 32.7 Å². The molecular weight excluding hydrogens is 278 g/mol. The zero-order chi connectivity index (χ0) is 16.1. The van der Waals surface area contributed by atoms with Crippen LogP contribution in [0.15, 0.2) is 0 Å². The number of rotatable bonds is 9. The molecule has 0 aromatic rings. The predicted octanol–water partition coefficient (Wildman–Crippen LogP) is -0.0166. The lowest BCUT2D eigenvalue weighted by Gasteiger charge is -2.35. The fraction of sp³-hybridized carbons (Fsp3) is 0.923. The molecule has 0 bridgehead atoms. The Morgan fingerprint density at radius 2 is 1.85 bits per heavy atom. The minimum atomic E-state index is -2.98. The van der Waals surface area contributed by atoms with Crippen LogP contribution >= 0.6 is 0 Å². The van der Waals surface area contributed by atoms with Gasteiger partial charge in [0.15, 0.2) is 0 Å². The SMILES string of the molecule is CC(C)NC(C)(CC(C)N(C)CCS(C)(=O)=O)C(N)=O. The van der Waals surface area contributed by atoms with Crippen molar-refractivity contribution in [3.8, 4) is 0 Å². The van der Waals surface area contributed by atoms with Crippen LogP contribution in [0.5, 0.6) is 0 Å². The van der Waals surface area contributed by atoms with E-state index in [0.717, 1.165) is 0 Å². The van der Waals surface area contributed by atoms with Crippen LogP contribution in [0.2, 0.25) is 0 Å². The topological polar surface area (TPSA) is 92.5 Å². The van der Waals surface area contributed by atoms with Gasteiger partial charge in [0.1, 0.15) is 9.84 Å². The monoisotopic (exact) mass is 307 g/mol. The Labute approximate surface area is 123 Å². The summed E-state index contributed by atoms with van der Waals surface area (Å²) in [6.07, 6.45) is 1.75. The van der Waals surface area contributed by atoms with Crippen LogP contribution in [0, 0.1) is 0 Å². The molecule has 3 N–H and O–H groups in total. The summed E-state index contributed by atoms with van der Waals surface area (Å²) >= 11 is 0. The third kappa shape index (κ3) is 7.21. The van der Waals surface area contributed by atoms with Gasteiger partial charge in [0, 0.05) is 24.9 Å². The van der Waals surface area contributed by atoms with E-state index in [0.29, 0.717) is 13.0 Å². The largest absolute Gasteiger partial charge is 0.368 e. The van der Waals surface area contributed by atoms with E-state index in [-0.39, 0.29) is 17.8 Å². The first-order valence-electron chi connectivity index (χ1n) is 6.83. The third-order valence-electron chi connectivity index (χ3n) is 3.42. The quantitative estimate of drug-likeness (QED) is 0.625. The molecule has 0 heterocycles. The first kappa shape index (κ1) is 19.3. The Hall–Kier alpha value is -0.660. The molecule has 0 saturated heterocycles. The van der Waals surface area contributed by atoms with Crippen molar-refractivity contribution < 1.29 is 13.2 Å². The molecule has 0 aliphatic rings. The minimum Gasteiger partial charge on any atom is -0.368 e. The van der Waals surface area contributed by atoms with E-state index in [2.05, 4.69) is 5.32 Å². The first-order chi connectivity index (χ1) is 8.87. The van der Waals surface area contributed by atoms with Crippen molar-refractivity contribution in [3.63, 3.8) is 0 Å². The molecular formula is C13H29N3O3S. The predicted molar refractivity (Wildman–Crippen MR) is 82.3 cm³/mol. The molecule has 120 valence electrons. The molecule has 0 aromatic carbocycles. The summed E-state index contributed by atoms with van der Waals surface area (Å²) in [5.41, 5.74) is 4.70. The van der Waals surface area contributed by atoms with Crippen LogP contribution in [-0.2, 0) is 14.6 Å². The highest BCUT2D eigenvalue weighted by Gasteiger charge is 2.34. The number of hydrogen-bond donors (Lipinski definition) is 2. The summed E-state index contributed by atoms with van der Waals surface area (Å²) in [5.74, 6) is -0.284. The van der Waals surface area contributed by atoms with E-state index in [4.69, 9.17) is 5.73 Å². The molecule has 2 atom stereocenters. The lowest BCUT2D eigenvalue weighted by atomic mass is 9.91. The molecule has 0 aliphatic carbocycles. The van der Waals surface area contributed by atoms with E-state index >= 15 is 0 Å². The summed E-state index contributed by atoms with van der Waals surface area (Å²) < 4.78 is 22.4.